The van der Waals surface area contributed by atoms with Crippen LogP contribution in [0.1, 0.15) is 31.9 Å². The zero-order valence-corrected chi connectivity index (χ0v) is 18.3. The van der Waals surface area contributed by atoms with Crippen LogP contribution in [0.3, 0.4) is 0 Å². The van der Waals surface area contributed by atoms with E-state index in [0.29, 0.717) is 5.92 Å². The number of aromatic nitrogens is 2. The number of fused-ring (bicyclic) bond motifs is 1. The van der Waals surface area contributed by atoms with Gasteiger partial charge in [0.2, 0.25) is 0 Å². The average Bonchev–Trinajstić information content (AvgIpc) is 3.44. The quantitative estimate of drug-likeness (QED) is 0.624. The lowest BCUT2D eigenvalue weighted by Crippen LogP contribution is -2.47. The van der Waals surface area contributed by atoms with E-state index in [-0.39, 0.29) is 12.1 Å². The predicted octanol–water partition coefficient (Wildman–Crippen LogP) is 4.61. The number of likely N-dealkylation sites (tertiary alicyclic amines) is 2. The molecule has 162 valence electrons. The molecule has 2 fully saturated rings. The maximum atomic E-state index is 12.7. The molecule has 0 N–H and O–H groups in total. The highest BCUT2D eigenvalue weighted by Crippen LogP contribution is 2.28. The molecule has 6 heteroatoms. The number of urea groups is 1. The maximum absolute atomic E-state index is 12.7. The number of piperidine rings is 1. The van der Waals surface area contributed by atoms with Crippen LogP contribution >= 0.6 is 0 Å². The van der Waals surface area contributed by atoms with Crippen molar-refractivity contribution in [2.45, 2.75) is 39.2 Å². The third kappa shape index (κ3) is 3.99. The molecular formula is C25H30N4O2. The highest BCUT2D eigenvalue weighted by molar-refractivity contribution is 5.75. The Morgan fingerprint density at radius 1 is 0.968 bits per heavy atom. The maximum Gasteiger partial charge on any atom is 0.320 e. The summed E-state index contributed by atoms with van der Waals surface area (Å²) in [6, 6.07) is 14.8. The van der Waals surface area contributed by atoms with Gasteiger partial charge in [0.15, 0.2) is 0 Å². The predicted molar refractivity (Wildman–Crippen MR) is 121 cm³/mol. The van der Waals surface area contributed by atoms with Gasteiger partial charge >= 0.3 is 6.03 Å². The SMILES string of the molecule is Cc1c(-c2ccc(OC3CCN(C(=O)N4CC[C@H](C)C4)CC3)cc2)ccc2ccnn12. The van der Waals surface area contributed by atoms with Crippen molar-refractivity contribution in [3.8, 4) is 16.9 Å². The molecule has 0 saturated carbocycles. The van der Waals surface area contributed by atoms with E-state index in [9.17, 15) is 4.79 Å². The van der Waals surface area contributed by atoms with Crippen LogP contribution in [-0.2, 0) is 0 Å². The molecule has 0 radical (unpaired) electrons. The van der Waals surface area contributed by atoms with Crippen LogP contribution in [0, 0.1) is 12.8 Å². The van der Waals surface area contributed by atoms with Gasteiger partial charge in [0.25, 0.3) is 0 Å². The summed E-state index contributed by atoms with van der Waals surface area (Å²) in [5.41, 5.74) is 4.55. The molecule has 2 amide bonds. The normalized spacial score (nSPS) is 19.9. The molecule has 0 unspecified atom stereocenters. The number of carbonyl (C=O) groups excluding carboxylic acids is 1. The first-order valence-electron chi connectivity index (χ1n) is 11.3. The van der Waals surface area contributed by atoms with E-state index >= 15 is 0 Å². The molecule has 0 spiro atoms. The third-order valence-electron chi connectivity index (χ3n) is 6.68. The van der Waals surface area contributed by atoms with Gasteiger partial charge in [-0.3, -0.25) is 0 Å². The van der Waals surface area contributed by atoms with Crippen molar-refractivity contribution >= 4 is 11.5 Å². The number of hydrogen-bond acceptors (Lipinski definition) is 3. The topological polar surface area (TPSA) is 50.1 Å². The molecule has 2 saturated heterocycles. The molecular weight excluding hydrogens is 388 g/mol. The Bertz CT molecular complexity index is 1070. The van der Waals surface area contributed by atoms with Gasteiger partial charge in [0.1, 0.15) is 11.9 Å². The number of benzene rings is 1. The second-order valence-electron chi connectivity index (χ2n) is 8.95. The molecule has 0 bridgehead atoms. The van der Waals surface area contributed by atoms with E-state index in [0.717, 1.165) is 68.0 Å². The zero-order chi connectivity index (χ0) is 21.4. The molecule has 5 rings (SSSR count). The first-order chi connectivity index (χ1) is 15.1. The fourth-order valence-corrected chi connectivity index (χ4v) is 4.81. The van der Waals surface area contributed by atoms with E-state index in [2.05, 4.69) is 43.2 Å². The summed E-state index contributed by atoms with van der Waals surface area (Å²) in [5, 5.41) is 4.41. The Balaban J connectivity index is 1.19. The molecule has 31 heavy (non-hydrogen) atoms. The van der Waals surface area contributed by atoms with Crippen molar-refractivity contribution in [2.24, 2.45) is 5.92 Å². The van der Waals surface area contributed by atoms with Crippen LogP contribution in [-0.4, -0.2) is 57.7 Å². The van der Waals surface area contributed by atoms with E-state index in [1.165, 1.54) is 5.56 Å². The van der Waals surface area contributed by atoms with Gasteiger partial charge in [0, 0.05) is 56.5 Å². The fourth-order valence-electron chi connectivity index (χ4n) is 4.81. The number of ether oxygens (including phenoxy) is 1. The van der Waals surface area contributed by atoms with Gasteiger partial charge in [-0.25, -0.2) is 9.31 Å². The lowest BCUT2D eigenvalue weighted by Gasteiger charge is -2.34. The van der Waals surface area contributed by atoms with E-state index < -0.39 is 0 Å². The van der Waals surface area contributed by atoms with Crippen LogP contribution in [0.2, 0.25) is 0 Å². The van der Waals surface area contributed by atoms with Crippen molar-refractivity contribution in [3.05, 3.63) is 54.4 Å². The summed E-state index contributed by atoms with van der Waals surface area (Å²) in [4.78, 5) is 16.7. The Labute approximate surface area is 183 Å². The Morgan fingerprint density at radius 2 is 1.71 bits per heavy atom. The van der Waals surface area contributed by atoms with E-state index in [1.54, 1.807) is 0 Å². The largest absolute Gasteiger partial charge is 0.490 e. The van der Waals surface area contributed by atoms with Crippen molar-refractivity contribution < 1.29 is 9.53 Å². The summed E-state index contributed by atoms with van der Waals surface area (Å²) in [6.45, 7) is 7.66. The van der Waals surface area contributed by atoms with Gasteiger partial charge in [-0.15, -0.1) is 0 Å². The molecule has 4 heterocycles. The lowest BCUT2D eigenvalue weighted by molar-refractivity contribution is 0.0978. The minimum Gasteiger partial charge on any atom is -0.490 e. The van der Waals surface area contributed by atoms with Crippen LogP contribution in [0.25, 0.3) is 16.6 Å². The number of carbonyl (C=O) groups is 1. The molecule has 2 aliphatic rings. The first kappa shape index (κ1) is 19.9. The van der Waals surface area contributed by atoms with Gasteiger partial charge in [-0.2, -0.15) is 5.10 Å². The van der Waals surface area contributed by atoms with E-state index in [4.69, 9.17) is 4.74 Å². The second kappa shape index (κ2) is 8.25. The number of rotatable bonds is 3. The fraction of sp³-hybridized carbons (Fsp3) is 0.440. The second-order valence-corrected chi connectivity index (χ2v) is 8.95. The molecule has 2 aliphatic heterocycles. The molecule has 2 aromatic heterocycles. The van der Waals surface area contributed by atoms with Gasteiger partial charge < -0.3 is 14.5 Å². The molecule has 6 nitrogen and oxygen atoms in total. The minimum atomic E-state index is 0.162. The van der Waals surface area contributed by atoms with Crippen molar-refractivity contribution in [3.63, 3.8) is 0 Å². The first-order valence-corrected chi connectivity index (χ1v) is 11.3. The lowest BCUT2D eigenvalue weighted by atomic mass is 10.0. The van der Waals surface area contributed by atoms with Gasteiger partial charge in [-0.1, -0.05) is 25.1 Å². The van der Waals surface area contributed by atoms with E-state index in [1.807, 2.05) is 38.7 Å². The summed E-state index contributed by atoms with van der Waals surface area (Å²) >= 11 is 0. The molecule has 3 aromatic rings. The smallest absolute Gasteiger partial charge is 0.320 e. The third-order valence-corrected chi connectivity index (χ3v) is 6.68. The van der Waals surface area contributed by atoms with Crippen LogP contribution in [0.5, 0.6) is 5.75 Å². The summed E-state index contributed by atoms with van der Waals surface area (Å²) in [7, 11) is 0. The molecule has 1 aromatic carbocycles. The Morgan fingerprint density at radius 3 is 2.42 bits per heavy atom. The number of amides is 2. The van der Waals surface area contributed by atoms with Crippen molar-refractivity contribution in [1.82, 2.24) is 19.4 Å². The Hall–Kier alpha value is -3.02. The van der Waals surface area contributed by atoms with Crippen LogP contribution in [0.15, 0.2) is 48.7 Å². The minimum absolute atomic E-state index is 0.162. The monoisotopic (exact) mass is 418 g/mol. The van der Waals surface area contributed by atoms with Gasteiger partial charge in [-0.05, 0) is 49.1 Å². The standard InChI is InChI=1S/C25H30N4O2/c1-18-10-14-28(17-18)25(30)27-15-11-23(12-16-27)31-22-6-3-20(4-7-22)24-8-5-21-9-13-26-29(21)19(24)2/h3-9,13,18,23H,10-12,14-17H2,1-2H3/t18-/m0/s1. The van der Waals surface area contributed by atoms with Gasteiger partial charge in [0.05, 0.1) is 5.52 Å². The number of nitrogens with zero attached hydrogens (tertiary/aromatic N) is 4. The van der Waals surface area contributed by atoms with Crippen LogP contribution in [0.4, 0.5) is 4.79 Å². The summed E-state index contributed by atoms with van der Waals surface area (Å²) < 4.78 is 8.21. The summed E-state index contributed by atoms with van der Waals surface area (Å²) in [5.74, 6) is 1.51. The molecule has 1 atom stereocenters. The Kier molecular flexibility index (Phi) is 5.30. The molecule has 0 aliphatic carbocycles. The number of hydrogen-bond donors (Lipinski definition) is 0. The highest BCUT2D eigenvalue weighted by atomic mass is 16.5. The van der Waals surface area contributed by atoms with Crippen molar-refractivity contribution in [2.75, 3.05) is 26.2 Å². The van der Waals surface area contributed by atoms with Crippen LogP contribution < -0.4 is 4.74 Å². The highest BCUT2D eigenvalue weighted by Gasteiger charge is 2.30. The zero-order valence-electron chi connectivity index (χ0n) is 18.3. The number of pyridine rings is 1. The average molecular weight is 419 g/mol. The number of aryl methyl sites for hydroxylation is 1. The summed E-state index contributed by atoms with van der Waals surface area (Å²) in [6.07, 6.45) is 4.87. The van der Waals surface area contributed by atoms with Crippen molar-refractivity contribution in [1.29, 1.82) is 0 Å².